The highest BCUT2D eigenvalue weighted by atomic mass is 16.2. The van der Waals surface area contributed by atoms with Gasteiger partial charge in [0.25, 0.3) is 23.6 Å². The molecule has 0 aromatic heterocycles. The molecule has 0 heterocycles. The molecule has 0 aliphatic rings. The fraction of sp³-hybridized carbons (Fsp3) is 0.0741. The number of carbonyl (C=O) groups excluding carboxylic acids is 4. The number of amides is 4. The van der Waals surface area contributed by atoms with Crippen molar-refractivity contribution in [3.63, 3.8) is 0 Å². The van der Waals surface area contributed by atoms with E-state index in [4.69, 9.17) is 0 Å². The van der Waals surface area contributed by atoms with Crippen LogP contribution in [0.25, 0.3) is 24.3 Å². The number of imide groups is 2. The van der Waals surface area contributed by atoms with Gasteiger partial charge < -0.3 is 0 Å². The van der Waals surface area contributed by atoms with Crippen LogP contribution in [0, 0.1) is 27.7 Å². The van der Waals surface area contributed by atoms with Crippen LogP contribution in [0.15, 0.2) is 170 Å². The summed E-state index contributed by atoms with van der Waals surface area (Å²) in [6.45, 7) is 7.81. The van der Waals surface area contributed by atoms with E-state index in [0.29, 0.717) is 39.2 Å². The smallest absolute Gasteiger partial charge is 0.265 e. The Balaban J connectivity index is 1.09. The molecular weight excluding hydrogens is 741 g/mol. The van der Waals surface area contributed by atoms with Crippen molar-refractivity contribution in [1.82, 2.24) is 0 Å². The van der Waals surface area contributed by atoms with Crippen LogP contribution >= 0.6 is 0 Å². The molecule has 0 fully saturated rings. The zero-order chi connectivity index (χ0) is 42.2. The van der Waals surface area contributed by atoms with Crippen LogP contribution in [0.4, 0.5) is 11.4 Å². The SMILES string of the molecule is Cc1ccc(C(=O)N(C(=O)c2ccc(C)cc2)c2ccc(/C=C/c3ccc(/C=C/c4ccccc4N(C(=O)c4ccc(C)cc4)C(=O)c4ccc(C)cc4)cc3)cc2)cc1. The van der Waals surface area contributed by atoms with Gasteiger partial charge in [-0.05, 0) is 117 Å². The van der Waals surface area contributed by atoms with Gasteiger partial charge in [0.05, 0.1) is 11.4 Å². The van der Waals surface area contributed by atoms with Crippen molar-refractivity contribution in [2.24, 2.45) is 0 Å². The zero-order valence-corrected chi connectivity index (χ0v) is 34.0. The van der Waals surface area contributed by atoms with Gasteiger partial charge in [-0.1, -0.05) is 150 Å². The summed E-state index contributed by atoms with van der Waals surface area (Å²) in [5.74, 6) is -1.61. The molecule has 0 bridgehead atoms. The summed E-state index contributed by atoms with van der Waals surface area (Å²) in [6, 6.07) is 51.6. The first kappa shape index (κ1) is 40.5. The Morgan fingerprint density at radius 2 is 0.633 bits per heavy atom. The van der Waals surface area contributed by atoms with E-state index in [9.17, 15) is 19.2 Å². The van der Waals surface area contributed by atoms with Gasteiger partial charge in [-0.25, -0.2) is 9.80 Å². The number of aryl methyl sites for hydroxylation is 4. The lowest BCUT2D eigenvalue weighted by Gasteiger charge is -2.23. The molecular formula is C54H44N2O4. The molecule has 0 spiro atoms. The highest BCUT2D eigenvalue weighted by Gasteiger charge is 2.28. The second-order valence-corrected chi connectivity index (χ2v) is 14.8. The number of rotatable bonds is 10. The third kappa shape index (κ3) is 9.52. The minimum absolute atomic E-state index is 0.398. The van der Waals surface area contributed by atoms with Crippen molar-refractivity contribution in [3.05, 3.63) is 237 Å². The maximum absolute atomic E-state index is 14.0. The number of carbonyl (C=O) groups is 4. The fourth-order valence-corrected chi connectivity index (χ4v) is 6.60. The normalized spacial score (nSPS) is 11.1. The van der Waals surface area contributed by atoms with Crippen LogP contribution < -0.4 is 9.80 Å². The first-order chi connectivity index (χ1) is 29.0. The second kappa shape index (κ2) is 18.3. The maximum atomic E-state index is 14.0. The van der Waals surface area contributed by atoms with Crippen LogP contribution in [-0.2, 0) is 0 Å². The van der Waals surface area contributed by atoms with Gasteiger partial charge in [-0.3, -0.25) is 19.2 Å². The molecule has 0 N–H and O–H groups in total. The molecule has 0 saturated carbocycles. The Morgan fingerprint density at radius 3 is 1.00 bits per heavy atom. The van der Waals surface area contributed by atoms with Crippen molar-refractivity contribution in [2.45, 2.75) is 27.7 Å². The zero-order valence-electron chi connectivity index (χ0n) is 34.0. The van der Waals surface area contributed by atoms with E-state index in [1.165, 1.54) is 9.80 Å². The van der Waals surface area contributed by atoms with E-state index in [2.05, 4.69) is 0 Å². The first-order valence-corrected chi connectivity index (χ1v) is 19.7. The van der Waals surface area contributed by atoms with E-state index in [1.807, 2.05) is 155 Å². The van der Waals surface area contributed by atoms with Crippen LogP contribution in [-0.4, -0.2) is 23.6 Å². The van der Waals surface area contributed by atoms with E-state index in [-0.39, 0.29) is 0 Å². The van der Waals surface area contributed by atoms with Gasteiger partial charge in [-0.15, -0.1) is 0 Å². The molecule has 60 heavy (non-hydrogen) atoms. The Morgan fingerprint density at radius 1 is 0.333 bits per heavy atom. The third-order valence-corrected chi connectivity index (χ3v) is 10.2. The average molecular weight is 785 g/mol. The largest absolute Gasteiger partial charge is 0.268 e. The lowest BCUT2D eigenvalue weighted by atomic mass is 10.0. The lowest BCUT2D eigenvalue weighted by molar-refractivity contribution is 0.0882. The maximum Gasteiger partial charge on any atom is 0.265 e. The van der Waals surface area contributed by atoms with Gasteiger partial charge >= 0.3 is 0 Å². The minimum Gasteiger partial charge on any atom is -0.268 e. The monoisotopic (exact) mass is 784 g/mol. The summed E-state index contributed by atoms with van der Waals surface area (Å²) in [6.07, 6.45) is 7.84. The molecule has 6 heteroatoms. The van der Waals surface area contributed by atoms with Gasteiger partial charge in [0, 0.05) is 22.3 Å². The van der Waals surface area contributed by atoms with Crippen LogP contribution in [0.5, 0.6) is 0 Å². The molecule has 0 atom stereocenters. The van der Waals surface area contributed by atoms with Gasteiger partial charge in [-0.2, -0.15) is 0 Å². The highest BCUT2D eigenvalue weighted by molar-refractivity contribution is 6.27. The molecule has 294 valence electrons. The quantitative estimate of drug-likeness (QED) is 0.102. The summed E-state index contributed by atoms with van der Waals surface area (Å²) in [5, 5.41) is 0. The summed E-state index contributed by atoms with van der Waals surface area (Å²) >= 11 is 0. The summed E-state index contributed by atoms with van der Waals surface area (Å²) in [5.41, 5.74) is 10.3. The Labute approximate surface area is 351 Å². The summed E-state index contributed by atoms with van der Waals surface area (Å²) in [4.78, 5) is 58.1. The predicted octanol–water partition coefficient (Wildman–Crippen LogP) is 12.2. The molecule has 0 aliphatic carbocycles. The van der Waals surface area contributed by atoms with E-state index in [0.717, 1.165) is 38.9 Å². The predicted molar refractivity (Wildman–Crippen MR) is 244 cm³/mol. The Hall–Kier alpha value is -7.70. The Bertz CT molecular complexity index is 2600. The van der Waals surface area contributed by atoms with Crippen molar-refractivity contribution in [1.29, 1.82) is 0 Å². The molecule has 0 unspecified atom stereocenters. The Kier molecular flexibility index (Phi) is 12.3. The van der Waals surface area contributed by atoms with Crippen molar-refractivity contribution in [3.8, 4) is 0 Å². The fourth-order valence-electron chi connectivity index (χ4n) is 6.60. The van der Waals surface area contributed by atoms with E-state index < -0.39 is 23.6 Å². The van der Waals surface area contributed by atoms with Crippen LogP contribution in [0.3, 0.4) is 0 Å². The average Bonchev–Trinajstić information content (AvgIpc) is 3.27. The van der Waals surface area contributed by atoms with Gasteiger partial charge in [0.2, 0.25) is 0 Å². The number of nitrogens with zero attached hydrogens (tertiary/aromatic N) is 2. The number of benzene rings is 7. The van der Waals surface area contributed by atoms with E-state index in [1.54, 1.807) is 66.7 Å². The summed E-state index contributed by atoms with van der Waals surface area (Å²) < 4.78 is 0. The summed E-state index contributed by atoms with van der Waals surface area (Å²) in [7, 11) is 0. The molecule has 4 amide bonds. The van der Waals surface area contributed by atoms with Crippen molar-refractivity contribution in [2.75, 3.05) is 9.80 Å². The van der Waals surface area contributed by atoms with Gasteiger partial charge in [0.1, 0.15) is 0 Å². The standard InChI is InChI=1S/C54H44N2O4/c1-37-9-26-45(27-10-37)51(57)55(52(58)46-28-11-38(2)12-29-46)49-35-24-43(25-36-49)22-19-41-17-20-42(21-18-41)23-34-44-7-5-6-8-50(44)56(53(59)47-30-13-39(3)14-31-47)54(60)48-32-15-40(4)16-33-48/h5-36H,1-4H3/b22-19+,34-23+. The van der Waals surface area contributed by atoms with Crippen molar-refractivity contribution < 1.29 is 19.2 Å². The second-order valence-electron chi connectivity index (χ2n) is 14.8. The molecule has 7 aromatic rings. The third-order valence-electron chi connectivity index (χ3n) is 10.2. The van der Waals surface area contributed by atoms with Crippen molar-refractivity contribution >= 4 is 59.3 Å². The topological polar surface area (TPSA) is 74.8 Å². The molecule has 6 nitrogen and oxygen atoms in total. The number of hydrogen-bond acceptors (Lipinski definition) is 4. The van der Waals surface area contributed by atoms with Crippen LogP contribution in [0.1, 0.15) is 85.9 Å². The molecule has 7 aromatic carbocycles. The molecule has 0 aliphatic heterocycles. The molecule has 0 saturated heterocycles. The van der Waals surface area contributed by atoms with E-state index >= 15 is 0 Å². The molecule has 0 radical (unpaired) electrons. The van der Waals surface area contributed by atoms with Gasteiger partial charge in [0.15, 0.2) is 0 Å². The first-order valence-electron chi connectivity index (χ1n) is 19.7. The number of hydrogen-bond donors (Lipinski definition) is 0. The number of para-hydroxylation sites is 1. The number of anilines is 2. The highest BCUT2D eigenvalue weighted by Crippen LogP contribution is 2.28. The lowest BCUT2D eigenvalue weighted by Crippen LogP contribution is -2.37. The minimum atomic E-state index is -0.406. The van der Waals surface area contributed by atoms with Crippen LogP contribution in [0.2, 0.25) is 0 Å². The molecule has 7 rings (SSSR count).